The van der Waals surface area contributed by atoms with Gasteiger partial charge in [-0.3, -0.25) is 9.59 Å². The number of ether oxygens (including phenoxy) is 2. The zero-order chi connectivity index (χ0) is 15.1. The predicted octanol–water partition coefficient (Wildman–Crippen LogP) is 1.70. The highest BCUT2D eigenvalue weighted by atomic mass is 16.5. The molecule has 0 saturated heterocycles. The van der Waals surface area contributed by atoms with Gasteiger partial charge in [0.25, 0.3) is 5.91 Å². The summed E-state index contributed by atoms with van der Waals surface area (Å²) in [5.74, 6) is 0.171. The third-order valence-electron chi connectivity index (χ3n) is 2.86. The summed E-state index contributed by atoms with van der Waals surface area (Å²) in [6.45, 7) is 4.23. The summed E-state index contributed by atoms with van der Waals surface area (Å²) in [4.78, 5) is 24.3. The van der Waals surface area contributed by atoms with E-state index in [4.69, 9.17) is 4.74 Å². The topological polar surface area (TPSA) is 55.8 Å². The van der Waals surface area contributed by atoms with Crippen molar-refractivity contribution >= 4 is 11.9 Å². The van der Waals surface area contributed by atoms with Crippen LogP contribution in [0.4, 0.5) is 0 Å². The second-order valence-corrected chi connectivity index (χ2v) is 4.75. The summed E-state index contributed by atoms with van der Waals surface area (Å²) in [5.41, 5.74) is 2.18. The van der Waals surface area contributed by atoms with Gasteiger partial charge in [0.05, 0.1) is 13.5 Å². The van der Waals surface area contributed by atoms with Crippen molar-refractivity contribution in [1.82, 2.24) is 4.90 Å². The Bertz CT molecular complexity index is 465. The Balaban J connectivity index is 2.44. The van der Waals surface area contributed by atoms with Crippen LogP contribution in [-0.4, -0.2) is 44.1 Å². The van der Waals surface area contributed by atoms with Crippen molar-refractivity contribution < 1.29 is 19.1 Å². The van der Waals surface area contributed by atoms with Crippen LogP contribution in [0.5, 0.6) is 5.75 Å². The van der Waals surface area contributed by atoms with E-state index in [9.17, 15) is 9.59 Å². The van der Waals surface area contributed by atoms with Gasteiger partial charge in [-0.15, -0.1) is 0 Å². The standard InChI is InChI=1S/C15H21NO4/c1-11-7-12(2)9-13(8-11)20-10-14(17)16(3)6-5-15(18)19-4/h7-9H,5-6,10H2,1-4H3. The van der Waals surface area contributed by atoms with E-state index in [0.717, 1.165) is 11.1 Å². The second kappa shape index (κ2) is 7.53. The number of hydrogen-bond donors (Lipinski definition) is 0. The highest BCUT2D eigenvalue weighted by Gasteiger charge is 2.11. The fourth-order valence-corrected chi connectivity index (χ4v) is 1.76. The number of carbonyl (C=O) groups is 2. The minimum atomic E-state index is -0.333. The Labute approximate surface area is 119 Å². The van der Waals surface area contributed by atoms with Crippen LogP contribution >= 0.6 is 0 Å². The maximum absolute atomic E-state index is 11.8. The first-order chi connectivity index (χ1) is 9.42. The molecule has 0 bridgehead atoms. The lowest BCUT2D eigenvalue weighted by Gasteiger charge is -2.17. The van der Waals surface area contributed by atoms with Crippen molar-refractivity contribution in [3.8, 4) is 5.75 Å². The molecule has 0 spiro atoms. The molecule has 0 heterocycles. The van der Waals surface area contributed by atoms with Crippen LogP contribution in [0.15, 0.2) is 18.2 Å². The van der Waals surface area contributed by atoms with E-state index in [1.807, 2.05) is 32.0 Å². The van der Waals surface area contributed by atoms with Gasteiger partial charge in [0.1, 0.15) is 5.75 Å². The minimum Gasteiger partial charge on any atom is -0.484 e. The summed E-state index contributed by atoms with van der Waals surface area (Å²) >= 11 is 0. The van der Waals surface area contributed by atoms with Gasteiger partial charge in [0, 0.05) is 13.6 Å². The zero-order valence-corrected chi connectivity index (χ0v) is 12.4. The van der Waals surface area contributed by atoms with Crippen LogP contribution < -0.4 is 4.74 Å². The van der Waals surface area contributed by atoms with E-state index in [1.165, 1.54) is 12.0 Å². The SMILES string of the molecule is COC(=O)CCN(C)C(=O)COc1cc(C)cc(C)c1. The van der Waals surface area contributed by atoms with Gasteiger partial charge < -0.3 is 14.4 Å². The fourth-order valence-electron chi connectivity index (χ4n) is 1.76. The quantitative estimate of drug-likeness (QED) is 0.744. The number of likely N-dealkylation sites (N-methyl/N-ethyl adjacent to an activating group) is 1. The summed E-state index contributed by atoms with van der Waals surface area (Å²) in [6, 6.07) is 5.81. The van der Waals surface area contributed by atoms with E-state index < -0.39 is 0 Å². The molecule has 0 N–H and O–H groups in total. The van der Waals surface area contributed by atoms with Crippen molar-refractivity contribution in [1.29, 1.82) is 0 Å². The maximum atomic E-state index is 11.8. The van der Waals surface area contributed by atoms with E-state index in [-0.39, 0.29) is 24.9 Å². The van der Waals surface area contributed by atoms with Crippen molar-refractivity contribution in [2.24, 2.45) is 0 Å². The summed E-state index contributed by atoms with van der Waals surface area (Å²) < 4.78 is 10.0. The highest BCUT2D eigenvalue weighted by molar-refractivity contribution is 5.78. The Hall–Kier alpha value is -2.04. The molecule has 0 saturated carbocycles. The summed E-state index contributed by atoms with van der Waals surface area (Å²) in [6.07, 6.45) is 0.183. The minimum absolute atomic E-state index is 0.0411. The molecule has 0 aliphatic heterocycles. The van der Waals surface area contributed by atoms with Crippen LogP contribution in [0.2, 0.25) is 0 Å². The Kier molecular flexibility index (Phi) is 6.03. The van der Waals surface area contributed by atoms with Gasteiger partial charge in [-0.1, -0.05) is 6.07 Å². The molecule has 0 fully saturated rings. The van der Waals surface area contributed by atoms with E-state index >= 15 is 0 Å². The largest absolute Gasteiger partial charge is 0.484 e. The van der Waals surface area contributed by atoms with Crippen molar-refractivity contribution in [2.45, 2.75) is 20.3 Å². The van der Waals surface area contributed by atoms with Crippen LogP contribution in [0.25, 0.3) is 0 Å². The first-order valence-electron chi connectivity index (χ1n) is 6.44. The number of benzene rings is 1. The molecule has 0 unspecified atom stereocenters. The molecule has 5 nitrogen and oxygen atoms in total. The normalized spacial score (nSPS) is 10.0. The predicted molar refractivity (Wildman–Crippen MR) is 75.7 cm³/mol. The van der Waals surface area contributed by atoms with Gasteiger partial charge in [-0.25, -0.2) is 0 Å². The number of amides is 1. The molecule has 0 atom stereocenters. The summed E-state index contributed by atoms with van der Waals surface area (Å²) in [5, 5.41) is 0. The van der Waals surface area contributed by atoms with Gasteiger partial charge >= 0.3 is 5.97 Å². The van der Waals surface area contributed by atoms with E-state index in [1.54, 1.807) is 7.05 Å². The molecule has 0 aromatic heterocycles. The van der Waals surface area contributed by atoms with Gasteiger partial charge in [-0.2, -0.15) is 0 Å². The molecule has 0 radical (unpaired) electrons. The fraction of sp³-hybridized carbons (Fsp3) is 0.467. The monoisotopic (exact) mass is 279 g/mol. The molecule has 110 valence electrons. The van der Waals surface area contributed by atoms with Crippen LogP contribution in [0.3, 0.4) is 0 Å². The Morgan fingerprint density at radius 3 is 2.30 bits per heavy atom. The molecule has 0 aliphatic rings. The number of aryl methyl sites for hydroxylation is 2. The molecule has 0 aliphatic carbocycles. The van der Waals surface area contributed by atoms with Crippen molar-refractivity contribution in [2.75, 3.05) is 27.3 Å². The van der Waals surface area contributed by atoms with Gasteiger partial charge in [0.15, 0.2) is 6.61 Å². The van der Waals surface area contributed by atoms with Crippen molar-refractivity contribution in [3.05, 3.63) is 29.3 Å². The molecule has 1 rings (SSSR count). The first-order valence-corrected chi connectivity index (χ1v) is 6.44. The number of carbonyl (C=O) groups excluding carboxylic acids is 2. The molecule has 20 heavy (non-hydrogen) atoms. The third-order valence-corrected chi connectivity index (χ3v) is 2.86. The first kappa shape index (κ1) is 16.0. The average molecular weight is 279 g/mol. The number of hydrogen-bond acceptors (Lipinski definition) is 4. The lowest BCUT2D eigenvalue weighted by Crippen LogP contribution is -2.33. The number of methoxy groups -OCH3 is 1. The number of nitrogens with zero attached hydrogens (tertiary/aromatic N) is 1. The van der Waals surface area contributed by atoms with Gasteiger partial charge in [-0.05, 0) is 37.1 Å². The van der Waals surface area contributed by atoms with Crippen LogP contribution in [-0.2, 0) is 14.3 Å². The molecule has 5 heteroatoms. The van der Waals surface area contributed by atoms with Gasteiger partial charge in [0.2, 0.25) is 0 Å². The lowest BCUT2D eigenvalue weighted by atomic mass is 10.1. The van der Waals surface area contributed by atoms with Crippen molar-refractivity contribution in [3.63, 3.8) is 0 Å². The highest BCUT2D eigenvalue weighted by Crippen LogP contribution is 2.16. The molecule has 1 amide bonds. The Morgan fingerprint density at radius 2 is 1.75 bits per heavy atom. The number of esters is 1. The smallest absolute Gasteiger partial charge is 0.307 e. The molecule has 1 aromatic carbocycles. The summed E-state index contributed by atoms with van der Waals surface area (Å²) in [7, 11) is 2.96. The molecular weight excluding hydrogens is 258 g/mol. The maximum Gasteiger partial charge on any atom is 0.307 e. The van der Waals surface area contributed by atoms with Crippen LogP contribution in [0.1, 0.15) is 17.5 Å². The van der Waals surface area contributed by atoms with Crippen LogP contribution in [0, 0.1) is 13.8 Å². The Morgan fingerprint density at radius 1 is 1.15 bits per heavy atom. The zero-order valence-electron chi connectivity index (χ0n) is 12.4. The lowest BCUT2D eigenvalue weighted by molar-refractivity contribution is -0.141. The average Bonchev–Trinajstić information content (AvgIpc) is 2.40. The third kappa shape index (κ3) is 5.30. The molecular formula is C15H21NO4. The molecule has 1 aromatic rings. The number of rotatable bonds is 6. The van der Waals surface area contributed by atoms with E-state index in [2.05, 4.69) is 4.74 Å². The van der Waals surface area contributed by atoms with E-state index in [0.29, 0.717) is 12.3 Å². The second-order valence-electron chi connectivity index (χ2n) is 4.75.